The molecule has 1 aliphatic heterocycles. The van der Waals surface area contributed by atoms with Gasteiger partial charge in [-0.25, -0.2) is 0 Å². The summed E-state index contributed by atoms with van der Waals surface area (Å²) in [6.07, 6.45) is 6.04. The van der Waals surface area contributed by atoms with Gasteiger partial charge in [-0.3, -0.25) is 9.88 Å². The number of piperidine rings is 1. The lowest BCUT2D eigenvalue weighted by atomic mass is 10.0. The van der Waals surface area contributed by atoms with Gasteiger partial charge in [-0.15, -0.1) is 0 Å². The molecule has 1 aromatic rings. The summed E-state index contributed by atoms with van der Waals surface area (Å²) in [6, 6.07) is 4.64. The van der Waals surface area contributed by atoms with Gasteiger partial charge < -0.3 is 15.3 Å². The zero-order valence-corrected chi connectivity index (χ0v) is 14.1. The number of nitrogens with zero attached hydrogens (tertiary/aromatic N) is 3. The number of likely N-dealkylation sites (tertiary alicyclic amines) is 1. The average molecular weight is 306 g/mol. The zero-order chi connectivity index (χ0) is 16.0. The first kappa shape index (κ1) is 17.3. The molecule has 0 saturated carbocycles. The van der Waals surface area contributed by atoms with E-state index < -0.39 is 5.60 Å². The molecule has 124 valence electrons. The largest absolute Gasteiger partial charge is 0.388 e. The monoisotopic (exact) mass is 306 g/mol. The second-order valence-corrected chi connectivity index (χ2v) is 7.03. The van der Waals surface area contributed by atoms with Crippen LogP contribution in [0.2, 0.25) is 0 Å². The van der Waals surface area contributed by atoms with Crippen LogP contribution in [0.5, 0.6) is 0 Å². The van der Waals surface area contributed by atoms with Crippen molar-refractivity contribution < 1.29 is 5.11 Å². The first-order chi connectivity index (χ1) is 10.4. The molecular formula is C17H30N4O. The first-order valence-corrected chi connectivity index (χ1v) is 8.16. The van der Waals surface area contributed by atoms with Crippen LogP contribution in [0.1, 0.15) is 25.3 Å². The van der Waals surface area contributed by atoms with Crippen molar-refractivity contribution in [2.45, 2.75) is 38.0 Å². The van der Waals surface area contributed by atoms with Gasteiger partial charge in [0.2, 0.25) is 0 Å². The van der Waals surface area contributed by atoms with E-state index in [0.29, 0.717) is 19.1 Å². The predicted octanol–water partition coefficient (Wildman–Crippen LogP) is 0.948. The van der Waals surface area contributed by atoms with E-state index in [-0.39, 0.29) is 0 Å². The molecule has 0 bridgehead atoms. The molecular weight excluding hydrogens is 276 g/mol. The Balaban J connectivity index is 1.69. The Bertz CT molecular complexity index is 428. The Morgan fingerprint density at radius 2 is 2.14 bits per heavy atom. The van der Waals surface area contributed by atoms with Crippen LogP contribution < -0.4 is 5.32 Å². The van der Waals surface area contributed by atoms with Gasteiger partial charge in [0.1, 0.15) is 0 Å². The van der Waals surface area contributed by atoms with E-state index in [2.05, 4.69) is 21.3 Å². The molecule has 1 unspecified atom stereocenters. The lowest BCUT2D eigenvalue weighted by Gasteiger charge is -2.35. The number of likely N-dealkylation sites (N-methyl/N-ethyl adjacent to an activating group) is 1. The van der Waals surface area contributed by atoms with Crippen LogP contribution in [0.3, 0.4) is 0 Å². The normalized spacial score (nSPS) is 20.2. The number of pyridine rings is 1. The maximum atomic E-state index is 10.3. The number of hydrogen-bond acceptors (Lipinski definition) is 5. The molecule has 5 nitrogen and oxygen atoms in total. The Hall–Kier alpha value is -1.01. The van der Waals surface area contributed by atoms with Crippen LogP contribution in [-0.4, -0.2) is 71.8 Å². The fourth-order valence-corrected chi connectivity index (χ4v) is 3.15. The maximum Gasteiger partial charge on any atom is 0.0869 e. The summed E-state index contributed by atoms with van der Waals surface area (Å²) >= 11 is 0. The SMILES string of the molecule is CN(C)CC(C)(O)CNC1CCN(Cc2cccnc2)CC1. The molecule has 1 aromatic heterocycles. The lowest BCUT2D eigenvalue weighted by molar-refractivity contribution is 0.0287. The van der Waals surface area contributed by atoms with Crippen LogP contribution in [0.15, 0.2) is 24.5 Å². The van der Waals surface area contributed by atoms with E-state index in [1.807, 2.05) is 44.4 Å². The number of hydrogen-bond donors (Lipinski definition) is 2. The van der Waals surface area contributed by atoms with Crippen LogP contribution in [0, 0.1) is 0 Å². The Kier molecular flexibility index (Phi) is 6.32. The topological polar surface area (TPSA) is 51.6 Å². The minimum Gasteiger partial charge on any atom is -0.388 e. The lowest BCUT2D eigenvalue weighted by Crippen LogP contribution is -2.50. The number of rotatable bonds is 7. The minimum absolute atomic E-state index is 0.513. The second-order valence-electron chi connectivity index (χ2n) is 7.03. The van der Waals surface area contributed by atoms with E-state index in [1.54, 1.807) is 0 Å². The van der Waals surface area contributed by atoms with E-state index in [1.165, 1.54) is 5.56 Å². The molecule has 0 aliphatic carbocycles. The molecule has 22 heavy (non-hydrogen) atoms. The van der Waals surface area contributed by atoms with Crippen LogP contribution >= 0.6 is 0 Å². The van der Waals surface area contributed by atoms with Crippen molar-refractivity contribution in [1.29, 1.82) is 0 Å². The molecule has 0 radical (unpaired) electrons. The molecule has 1 atom stereocenters. The van der Waals surface area contributed by atoms with Gasteiger partial charge >= 0.3 is 0 Å². The molecule has 2 rings (SSSR count). The molecule has 0 aromatic carbocycles. The summed E-state index contributed by atoms with van der Waals surface area (Å²) in [6.45, 7) is 6.42. The van der Waals surface area contributed by atoms with Gasteiger partial charge in [0.25, 0.3) is 0 Å². The highest BCUT2D eigenvalue weighted by molar-refractivity contribution is 5.08. The fourth-order valence-electron chi connectivity index (χ4n) is 3.15. The Morgan fingerprint density at radius 1 is 1.41 bits per heavy atom. The molecule has 2 N–H and O–H groups in total. The minimum atomic E-state index is -0.670. The maximum absolute atomic E-state index is 10.3. The van der Waals surface area contributed by atoms with E-state index in [4.69, 9.17) is 0 Å². The predicted molar refractivity (Wildman–Crippen MR) is 89.7 cm³/mol. The van der Waals surface area contributed by atoms with Gasteiger partial charge in [0.15, 0.2) is 0 Å². The summed E-state index contributed by atoms with van der Waals surface area (Å²) in [5, 5.41) is 13.9. The fraction of sp³-hybridized carbons (Fsp3) is 0.706. The van der Waals surface area contributed by atoms with Gasteiger partial charge in [0, 0.05) is 38.1 Å². The smallest absolute Gasteiger partial charge is 0.0869 e. The third-order valence-corrected chi connectivity index (χ3v) is 4.14. The van der Waals surface area contributed by atoms with Crippen LogP contribution in [0.4, 0.5) is 0 Å². The van der Waals surface area contributed by atoms with Crippen molar-refractivity contribution in [3.8, 4) is 0 Å². The van der Waals surface area contributed by atoms with Gasteiger partial charge in [-0.2, -0.15) is 0 Å². The van der Waals surface area contributed by atoms with Crippen molar-refractivity contribution in [3.05, 3.63) is 30.1 Å². The van der Waals surface area contributed by atoms with Crippen molar-refractivity contribution in [2.24, 2.45) is 0 Å². The Morgan fingerprint density at radius 3 is 2.73 bits per heavy atom. The van der Waals surface area contributed by atoms with E-state index in [9.17, 15) is 5.11 Å². The number of aromatic nitrogens is 1. The highest BCUT2D eigenvalue weighted by Gasteiger charge is 2.24. The summed E-state index contributed by atoms with van der Waals surface area (Å²) in [5.74, 6) is 0. The van der Waals surface area contributed by atoms with Gasteiger partial charge in [-0.1, -0.05) is 6.07 Å². The molecule has 2 heterocycles. The summed E-state index contributed by atoms with van der Waals surface area (Å²) in [5.41, 5.74) is 0.610. The summed E-state index contributed by atoms with van der Waals surface area (Å²) in [7, 11) is 3.98. The van der Waals surface area contributed by atoms with Crippen LogP contribution in [-0.2, 0) is 6.54 Å². The van der Waals surface area contributed by atoms with Crippen molar-refractivity contribution >= 4 is 0 Å². The van der Waals surface area contributed by atoms with E-state index >= 15 is 0 Å². The summed E-state index contributed by atoms with van der Waals surface area (Å²) in [4.78, 5) is 8.68. The summed E-state index contributed by atoms with van der Waals surface area (Å²) < 4.78 is 0. The number of aliphatic hydroxyl groups is 1. The van der Waals surface area contributed by atoms with Gasteiger partial charge in [0.05, 0.1) is 5.60 Å². The standard InChI is InChI=1S/C17H30N4O/c1-17(22,14-20(2)3)13-19-16-6-9-21(10-7-16)12-15-5-4-8-18-11-15/h4-5,8,11,16,19,22H,6-7,9-10,12-14H2,1-3H3. The number of nitrogens with one attached hydrogen (secondary N) is 1. The van der Waals surface area contributed by atoms with Crippen LogP contribution in [0.25, 0.3) is 0 Å². The third kappa shape index (κ3) is 6.01. The van der Waals surface area contributed by atoms with E-state index in [0.717, 1.165) is 32.5 Å². The second kappa shape index (κ2) is 8.02. The molecule has 0 spiro atoms. The van der Waals surface area contributed by atoms with Crippen molar-refractivity contribution in [3.63, 3.8) is 0 Å². The zero-order valence-electron chi connectivity index (χ0n) is 14.1. The Labute approximate surface area is 134 Å². The highest BCUT2D eigenvalue weighted by Crippen LogP contribution is 2.14. The molecule has 5 heteroatoms. The third-order valence-electron chi connectivity index (χ3n) is 4.14. The van der Waals surface area contributed by atoms with Gasteiger partial charge in [-0.05, 0) is 58.6 Å². The van der Waals surface area contributed by atoms with Crippen molar-refractivity contribution in [2.75, 3.05) is 40.3 Å². The highest BCUT2D eigenvalue weighted by atomic mass is 16.3. The quantitative estimate of drug-likeness (QED) is 0.785. The first-order valence-electron chi connectivity index (χ1n) is 8.16. The average Bonchev–Trinajstić information content (AvgIpc) is 2.46. The molecule has 1 saturated heterocycles. The van der Waals surface area contributed by atoms with Crippen molar-refractivity contribution in [1.82, 2.24) is 20.1 Å². The molecule has 1 fully saturated rings. The molecule has 1 aliphatic rings. The molecule has 0 amide bonds.